The van der Waals surface area contributed by atoms with Gasteiger partial charge < -0.3 is 9.47 Å². The van der Waals surface area contributed by atoms with E-state index in [4.69, 9.17) is 4.74 Å². The molecule has 0 saturated heterocycles. The summed E-state index contributed by atoms with van der Waals surface area (Å²) >= 11 is 1.70. The Morgan fingerprint density at radius 1 is 1.32 bits per heavy atom. The monoisotopic (exact) mass is 370 g/mol. The van der Waals surface area contributed by atoms with E-state index in [9.17, 15) is 8.78 Å². The molecule has 1 aromatic carbocycles. The Hall–Kier alpha value is -1.57. The number of aromatic nitrogens is 1. The fourth-order valence-electron chi connectivity index (χ4n) is 2.59. The molecule has 138 valence electrons. The molecule has 7 heteroatoms. The Labute approximate surface area is 151 Å². The molecule has 0 N–H and O–H groups in total. The van der Waals surface area contributed by atoms with E-state index in [0.29, 0.717) is 13.2 Å². The maximum absolute atomic E-state index is 12.4. The van der Waals surface area contributed by atoms with Crippen molar-refractivity contribution >= 4 is 11.3 Å². The molecule has 0 amide bonds. The molecule has 0 aliphatic heterocycles. The number of halogens is 2. The van der Waals surface area contributed by atoms with Crippen LogP contribution in [-0.2, 0) is 17.7 Å². The number of aryl methyl sites for hydroxylation is 1. The second-order valence-electron chi connectivity index (χ2n) is 5.92. The number of hydrogen-bond acceptors (Lipinski definition) is 5. The van der Waals surface area contributed by atoms with E-state index in [1.54, 1.807) is 30.6 Å². The molecule has 25 heavy (non-hydrogen) atoms. The molecule has 0 aliphatic carbocycles. The number of benzene rings is 1. The molecule has 0 saturated carbocycles. The van der Waals surface area contributed by atoms with Crippen LogP contribution in [0, 0.1) is 6.92 Å². The molecule has 0 fully saturated rings. The lowest BCUT2D eigenvalue weighted by atomic mass is 10.1. The topological polar surface area (TPSA) is 34.6 Å². The van der Waals surface area contributed by atoms with Crippen molar-refractivity contribution in [1.82, 2.24) is 9.88 Å². The summed E-state index contributed by atoms with van der Waals surface area (Å²) < 4.78 is 34.3. The van der Waals surface area contributed by atoms with Gasteiger partial charge in [-0.25, -0.2) is 4.98 Å². The van der Waals surface area contributed by atoms with Gasteiger partial charge in [0.2, 0.25) is 0 Å². The van der Waals surface area contributed by atoms with Crippen molar-refractivity contribution in [2.45, 2.75) is 39.5 Å². The molecule has 4 nitrogen and oxygen atoms in total. The van der Waals surface area contributed by atoms with Crippen molar-refractivity contribution in [2.75, 3.05) is 20.8 Å². The van der Waals surface area contributed by atoms with Crippen LogP contribution < -0.4 is 4.74 Å². The summed E-state index contributed by atoms with van der Waals surface area (Å²) in [7, 11) is 3.70. The molecule has 1 heterocycles. The fraction of sp³-hybridized carbons (Fsp3) is 0.500. The summed E-state index contributed by atoms with van der Waals surface area (Å²) in [6.07, 6.45) is 0.811. The fourth-order valence-corrected chi connectivity index (χ4v) is 3.76. The zero-order valence-corrected chi connectivity index (χ0v) is 15.8. The Kier molecular flexibility index (Phi) is 7.28. The largest absolute Gasteiger partial charge is 0.435 e. The molecule has 0 aliphatic rings. The number of methoxy groups -OCH3 is 1. The van der Waals surface area contributed by atoms with Crippen molar-refractivity contribution < 1.29 is 18.3 Å². The van der Waals surface area contributed by atoms with Crippen LogP contribution in [0.2, 0.25) is 0 Å². The minimum absolute atomic E-state index is 0.175. The summed E-state index contributed by atoms with van der Waals surface area (Å²) in [5.41, 5.74) is 1.96. The number of nitrogens with zero attached hydrogens (tertiary/aromatic N) is 2. The van der Waals surface area contributed by atoms with Crippen LogP contribution in [0.25, 0.3) is 0 Å². The number of ether oxygens (including phenoxy) is 2. The molecular formula is C18H24F2N2O2S. The summed E-state index contributed by atoms with van der Waals surface area (Å²) in [5, 5.41) is 1.07. The second-order valence-corrected chi connectivity index (χ2v) is 7.03. The molecule has 0 bridgehead atoms. The highest BCUT2D eigenvalue weighted by molar-refractivity contribution is 7.11. The van der Waals surface area contributed by atoms with Crippen molar-refractivity contribution in [1.29, 1.82) is 0 Å². The minimum atomic E-state index is -2.81. The minimum Gasteiger partial charge on any atom is -0.435 e. The van der Waals surface area contributed by atoms with Gasteiger partial charge in [-0.1, -0.05) is 12.1 Å². The molecule has 0 spiro atoms. The van der Waals surface area contributed by atoms with Gasteiger partial charge >= 0.3 is 6.61 Å². The van der Waals surface area contributed by atoms with Gasteiger partial charge in [0.25, 0.3) is 0 Å². The van der Waals surface area contributed by atoms with Crippen molar-refractivity contribution in [3.8, 4) is 5.75 Å². The van der Waals surface area contributed by atoms with Gasteiger partial charge in [0.05, 0.1) is 17.3 Å². The summed E-state index contributed by atoms with van der Waals surface area (Å²) in [6.45, 7) is 2.63. The molecule has 2 aromatic rings. The average Bonchev–Trinajstić information content (AvgIpc) is 2.92. The first-order chi connectivity index (χ1) is 11.9. The Balaban J connectivity index is 2.05. The summed E-state index contributed by atoms with van der Waals surface area (Å²) in [5.74, 6) is 0.185. The molecule has 2 rings (SSSR count). The van der Waals surface area contributed by atoms with Gasteiger partial charge in [0.15, 0.2) is 0 Å². The molecule has 1 aromatic heterocycles. The Morgan fingerprint density at radius 3 is 2.76 bits per heavy atom. The highest BCUT2D eigenvalue weighted by atomic mass is 32.1. The lowest BCUT2D eigenvalue weighted by Gasteiger charge is -2.24. The predicted octanol–water partition coefficient (Wildman–Crippen LogP) is 4.43. The van der Waals surface area contributed by atoms with E-state index >= 15 is 0 Å². The van der Waals surface area contributed by atoms with Crippen LogP contribution in [0.5, 0.6) is 5.75 Å². The first kappa shape index (κ1) is 19.8. The van der Waals surface area contributed by atoms with Crippen molar-refractivity contribution in [3.05, 3.63) is 45.4 Å². The van der Waals surface area contributed by atoms with E-state index in [-0.39, 0.29) is 11.8 Å². The van der Waals surface area contributed by atoms with E-state index in [0.717, 1.165) is 22.7 Å². The van der Waals surface area contributed by atoms with Gasteiger partial charge in [-0.3, -0.25) is 4.90 Å². The number of rotatable bonds is 9. The van der Waals surface area contributed by atoms with Crippen LogP contribution in [0.1, 0.15) is 34.1 Å². The highest BCUT2D eigenvalue weighted by Gasteiger charge is 2.18. The second kappa shape index (κ2) is 9.22. The average molecular weight is 370 g/mol. The normalized spacial score (nSPS) is 12.8. The molecule has 0 radical (unpaired) electrons. The molecular weight excluding hydrogens is 346 g/mol. The predicted molar refractivity (Wildman–Crippen MR) is 95.4 cm³/mol. The van der Waals surface area contributed by atoms with Crippen LogP contribution in [0.15, 0.2) is 24.3 Å². The smallest absolute Gasteiger partial charge is 0.387 e. The van der Waals surface area contributed by atoms with E-state index in [2.05, 4.69) is 21.5 Å². The first-order valence-corrected chi connectivity index (χ1v) is 8.91. The zero-order chi connectivity index (χ0) is 18.4. The molecule has 1 atom stereocenters. The SMILES string of the molecule is COCCc1nc(C)c([C@@H](C)N(C)Cc2cccc(OC(F)F)c2)s1. The van der Waals surface area contributed by atoms with E-state index in [1.165, 1.54) is 10.9 Å². The lowest BCUT2D eigenvalue weighted by molar-refractivity contribution is -0.0499. The van der Waals surface area contributed by atoms with E-state index in [1.807, 2.05) is 20.0 Å². The maximum Gasteiger partial charge on any atom is 0.387 e. The van der Waals surface area contributed by atoms with Gasteiger partial charge in [-0.05, 0) is 38.6 Å². The number of thiazole rings is 1. The highest BCUT2D eigenvalue weighted by Crippen LogP contribution is 2.30. The van der Waals surface area contributed by atoms with Crippen LogP contribution in [0.4, 0.5) is 8.78 Å². The third kappa shape index (κ3) is 5.73. The third-order valence-electron chi connectivity index (χ3n) is 3.99. The van der Waals surface area contributed by atoms with E-state index < -0.39 is 6.61 Å². The quantitative estimate of drug-likeness (QED) is 0.654. The number of alkyl halides is 2. The van der Waals surface area contributed by atoms with Crippen molar-refractivity contribution in [2.24, 2.45) is 0 Å². The standard InChI is InChI=1S/C18H24F2N2O2S/c1-12-17(25-16(21-12)8-9-23-4)13(2)22(3)11-14-6-5-7-15(10-14)24-18(19)20/h5-7,10,13,18H,8-9,11H2,1-4H3/t13-/m1/s1. The Bertz CT molecular complexity index is 679. The van der Waals surface area contributed by atoms with Crippen LogP contribution >= 0.6 is 11.3 Å². The molecule has 0 unspecified atom stereocenters. The van der Waals surface area contributed by atoms with Gasteiger partial charge in [-0.2, -0.15) is 8.78 Å². The van der Waals surface area contributed by atoms with Gasteiger partial charge in [-0.15, -0.1) is 11.3 Å². The summed E-state index contributed by atoms with van der Waals surface area (Å²) in [4.78, 5) is 8.00. The maximum atomic E-state index is 12.4. The number of hydrogen-bond donors (Lipinski definition) is 0. The van der Waals surface area contributed by atoms with Crippen LogP contribution in [-0.4, -0.2) is 37.3 Å². The van der Waals surface area contributed by atoms with Gasteiger partial charge in [0.1, 0.15) is 5.75 Å². The van der Waals surface area contributed by atoms with Gasteiger partial charge in [0, 0.05) is 31.0 Å². The first-order valence-electron chi connectivity index (χ1n) is 8.09. The lowest BCUT2D eigenvalue weighted by Crippen LogP contribution is -2.21. The van der Waals surface area contributed by atoms with Crippen LogP contribution in [0.3, 0.4) is 0 Å². The Morgan fingerprint density at radius 2 is 2.08 bits per heavy atom. The van der Waals surface area contributed by atoms with Crippen molar-refractivity contribution in [3.63, 3.8) is 0 Å². The third-order valence-corrected chi connectivity index (χ3v) is 5.38. The summed E-state index contributed by atoms with van der Waals surface area (Å²) in [6, 6.07) is 7.00. The zero-order valence-electron chi connectivity index (χ0n) is 15.0.